The number of ether oxygens (including phenoxy) is 2. The normalized spacial score (nSPS) is 14.4. The first kappa shape index (κ1) is 26.5. The molecule has 1 saturated heterocycles. The van der Waals surface area contributed by atoms with Gasteiger partial charge in [-0.05, 0) is 57.6 Å². The number of carbonyl (C=O) groups is 1. The van der Waals surface area contributed by atoms with E-state index in [0.717, 1.165) is 65.5 Å². The van der Waals surface area contributed by atoms with Gasteiger partial charge in [-0.15, -0.1) is 0 Å². The molecule has 1 amide bonds. The van der Waals surface area contributed by atoms with Crippen LogP contribution in [0.25, 0.3) is 33.5 Å². The van der Waals surface area contributed by atoms with Crippen molar-refractivity contribution in [1.29, 1.82) is 0 Å². The lowest BCUT2D eigenvalue weighted by Crippen LogP contribution is -2.44. The van der Waals surface area contributed by atoms with Crippen molar-refractivity contribution >= 4 is 22.9 Å². The number of carbonyl (C=O) groups excluding carboxylic acids is 1. The quantitative estimate of drug-likeness (QED) is 0.328. The maximum absolute atomic E-state index is 11.8. The number of alkyl carbamates (subject to hydrolysis) is 1. The molecule has 0 saturated carbocycles. The summed E-state index contributed by atoms with van der Waals surface area (Å²) in [6, 6.07) is 16.4. The molecule has 1 aliphatic heterocycles. The number of aromatic amines is 1. The summed E-state index contributed by atoms with van der Waals surface area (Å²) in [5.41, 5.74) is 6.16. The summed E-state index contributed by atoms with van der Waals surface area (Å²) in [5, 5.41) is 2.69. The van der Waals surface area contributed by atoms with Gasteiger partial charge in [-0.3, -0.25) is 0 Å². The number of benzene rings is 2. The van der Waals surface area contributed by atoms with Crippen LogP contribution in [0.4, 0.5) is 10.5 Å². The highest BCUT2D eigenvalue weighted by atomic mass is 16.6. The SMILES string of the molecule is CN1CCN(c2ccc(-c3cnc4[nH]cc(-c5ccc(OCCNC(=O)OC(C)(C)C)cc5)c4n3)cc2)CC1. The molecule has 0 bridgehead atoms. The Kier molecular flexibility index (Phi) is 7.70. The second-order valence-corrected chi connectivity index (χ2v) is 10.8. The summed E-state index contributed by atoms with van der Waals surface area (Å²) in [6.07, 6.45) is 3.30. The predicted octanol–water partition coefficient (Wildman–Crippen LogP) is 4.95. The van der Waals surface area contributed by atoms with E-state index in [-0.39, 0.29) is 0 Å². The molecular weight excluding hydrogens is 492 g/mol. The monoisotopic (exact) mass is 528 g/mol. The molecule has 0 radical (unpaired) electrons. The zero-order valence-corrected chi connectivity index (χ0v) is 23.0. The number of nitrogens with one attached hydrogen (secondary N) is 2. The Morgan fingerprint density at radius 3 is 2.38 bits per heavy atom. The van der Waals surface area contributed by atoms with E-state index >= 15 is 0 Å². The summed E-state index contributed by atoms with van der Waals surface area (Å²) in [4.78, 5) is 29.4. The van der Waals surface area contributed by atoms with Crippen LogP contribution in [-0.4, -0.2) is 77.9 Å². The predicted molar refractivity (Wildman–Crippen MR) is 154 cm³/mol. The molecule has 39 heavy (non-hydrogen) atoms. The Morgan fingerprint density at radius 1 is 1.00 bits per heavy atom. The molecule has 9 nitrogen and oxygen atoms in total. The van der Waals surface area contributed by atoms with E-state index in [9.17, 15) is 4.79 Å². The van der Waals surface area contributed by atoms with Crippen LogP contribution in [0.3, 0.4) is 0 Å². The first-order valence-electron chi connectivity index (χ1n) is 13.3. The summed E-state index contributed by atoms with van der Waals surface area (Å²) in [5.74, 6) is 0.719. The van der Waals surface area contributed by atoms with E-state index in [0.29, 0.717) is 13.2 Å². The number of anilines is 1. The Hall–Kier alpha value is -4.11. The zero-order valence-electron chi connectivity index (χ0n) is 23.0. The molecule has 2 N–H and O–H groups in total. The van der Waals surface area contributed by atoms with E-state index in [1.54, 1.807) is 0 Å². The number of fused-ring (bicyclic) bond motifs is 1. The average Bonchev–Trinajstić information content (AvgIpc) is 3.34. The highest BCUT2D eigenvalue weighted by Gasteiger charge is 2.16. The first-order valence-corrected chi connectivity index (χ1v) is 13.3. The van der Waals surface area contributed by atoms with Crippen LogP contribution in [0.1, 0.15) is 20.8 Å². The number of H-pyrrole nitrogens is 1. The number of nitrogens with zero attached hydrogens (tertiary/aromatic N) is 4. The Labute approximate surface area is 229 Å². The van der Waals surface area contributed by atoms with Crippen molar-refractivity contribution < 1.29 is 14.3 Å². The van der Waals surface area contributed by atoms with Gasteiger partial charge < -0.3 is 29.6 Å². The second-order valence-electron chi connectivity index (χ2n) is 10.8. The fraction of sp³-hybridized carbons (Fsp3) is 0.367. The number of likely N-dealkylation sites (N-methyl/N-ethyl adjacent to an activating group) is 1. The number of rotatable bonds is 7. The molecule has 1 fully saturated rings. The van der Waals surface area contributed by atoms with Crippen molar-refractivity contribution in [3.8, 4) is 28.1 Å². The fourth-order valence-electron chi connectivity index (χ4n) is 4.53. The van der Waals surface area contributed by atoms with E-state index in [1.165, 1.54) is 5.69 Å². The van der Waals surface area contributed by atoms with Crippen LogP contribution in [0.2, 0.25) is 0 Å². The molecule has 0 atom stereocenters. The van der Waals surface area contributed by atoms with Crippen LogP contribution < -0.4 is 15.0 Å². The second kappa shape index (κ2) is 11.3. The third-order valence-electron chi connectivity index (χ3n) is 6.62. The number of piperazine rings is 1. The van der Waals surface area contributed by atoms with Gasteiger partial charge >= 0.3 is 6.09 Å². The molecule has 5 rings (SSSR count). The van der Waals surface area contributed by atoms with Gasteiger partial charge in [0.25, 0.3) is 0 Å². The molecule has 1 aliphatic rings. The van der Waals surface area contributed by atoms with Crippen molar-refractivity contribution in [3.05, 3.63) is 60.9 Å². The summed E-state index contributed by atoms with van der Waals surface area (Å²) < 4.78 is 11.0. The first-order chi connectivity index (χ1) is 18.7. The van der Waals surface area contributed by atoms with Crippen molar-refractivity contribution in [2.75, 3.05) is 51.3 Å². The largest absolute Gasteiger partial charge is 0.492 e. The smallest absolute Gasteiger partial charge is 0.407 e. The van der Waals surface area contributed by atoms with Gasteiger partial charge in [-0.1, -0.05) is 24.3 Å². The number of aromatic nitrogens is 3. The minimum Gasteiger partial charge on any atom is -0.492 e. The number of hydrogen-bond donors (Lipinski definition) is 2. The Bertz CT molecular complexity index is 1400. The van der Waals surface area contributed by atoms with Crippen LogP contribution in [0.5, 0.6) is 5.75 Å². The van der Waals surface area contributed by atoms with E-state index in [1.807, 2.05) is 57.4 Å². The standard InChI is InChI=1S/C30H36N6O3/c1-30(2,3)39-29(37)31-13-18-38-24-11-7-21(8-12-24)25-19-32-28-27(25)34-26(20-33-28)22-5-9-23(10-6-22)36-16-14-35(4)15-17-36/h5-12,19-20H,13-18H2,1-4H3,(H,31,37)(H,32,33). The van der Waals surface area contributed by atoms with Gasteiger partial charge in [0.15, 0.2) is 5.65 Å². The van der Waals surface area contributed by atoms with Crippen molar-refractivity contribution in [2.24, 2.45) is 0 Å². The van der Waals surface area contributed by atoms with Crippen molar-refractivity contribution in [2.45, 2.75) is 26.4 Å². The molecule has 3 heterocycles. The molecule has 0 spiro atoms. The van der Waals surface area contributed by atoms with Crippen molar-refractivity contribution in [1.82, 2.24) is 25.2 Å². The van der Waals surface area contributed by atoms with Crippen LogP contribution in [-0.2, 0) is 4.74 Å². The Morgan fingerprint density at radius 2 is 1.69 bits per heavy atom. The Balaban J connectivity index is 1.23. The van der Waals surface area contributed by atoms with Crippen LogP contribution >= 0.6 is 0 Å². The molecule has 0 aliphatic carbocycles. The topological polar surface area (TPSA) is 95.6 Å². The van der Waals surface area contributed by atoms with Gasteiger partial charge in [-0.25, -0.2) is 14.8 Å². The average molecular weight is 529 g/mol. The van der Waals surface area contributed by atoms with Gasteiger partial charge in [0, 0.05) is 49.2 Å². The van der Waals surface area contributed by atoms with E-state index in [4.69, 9.17) is 14.5 Å². The minimum absolute atomic E-state index is 0.341. The minimum atomic E-state index is -0.524. The molecule has 2 aromatic heterocycles. The van der Waals surface area contributed by atoms with Crippen LogP contribution in [0, 0.1) is 0 Å². The lowest BCUT2D eigenvalue weighted by Gasteiger charge is -2.34. The maximum Gasteiger partial charge on any atom is 0.407 e. The molecule has 0 unspecified atom stereocenters. The zero-order chi connectivity index (χ0) is 27.4. The van der Waals surface area contributed by atoms with E-state index < -0.39 is 11.7 Å². The molecule has 2 aromatic carbocycles. The molecule has 204 valence electrons. The molecular formula is C30H36N6O3. The fourth-order valence-corrected chi connectivity index (χ4v) is 4.53. The third kappa shape index (κ3) is 6.67. The maximum atomic E-state index is 11.8. The van der Waals surface area contributed by atoms with Crippen molar-refractivity contribution in [3.63, 3.8) is 0 Å². The lowest BCUT2D eigenvalue weighted by atomic mass is 10.1. The number of hydrogen-bond acceptors (Lipinski definition) is 7. The third-order valence-corrected chi connectivity index (χ3v) is 6.62. The summed E-state index contributed by atoms with van der Waals surface area (Å²) >= 11 is 0. The van der Waals surface area contributed by atoms with Gasteiger partial charge in [-0.2, -0.15) is 0 Å². The molecule has 9 heteroatoms. The van der Waals surface area contributed by atoms with Gasteiger partial charge in [0.2, 0.25) is 0 Å². The molecule has 4 aromatic rings. The van der Waals surface area contributed by atoms with E-state index in [2.05, 4.69) is 56.4 Å². The summed E-state index contributed by atoms with van der Waals surface area (Å²) in [6.45, 7) is 10.4. The lowest BCUT2D eigenvalue weighted by molar-refractivity contribution is 0.0520. The summed E-state index contributed by atoms with van der Waals surface area (Å²) in [7, 11) is 2.17. The van der Waals surface area contributed by atoms with Gasteiger partial charge in [0.1, 0.15) is 23.5 Å². The number of amides is 1. The van der Waals surface area contributed by atoms with Crippen LogP contribution in [0.15, 0.2) is 60.9 Å². The highest BCUT2D eigenvalue weighted by molar-refractivity contribution is 5.91. The van der Waals surface area contributed by atoms with Gasteiger partial charge in [0.05, 0.1) is 18.4 Å². The highest BCUT2D eigenvalue weighted by Crippen LogP contribution is 2.30.